The summed E-state index contributed by atoms with van der Waals surface area (Å²) in [5.41, 5.74) is 3.84. The van der Waals surface area contributed by atoms with Crippen molar-refractivity contribution in [2.24, 2.45) is 10.1 Å². The fourth-order valence-electron chi connectivity index (χ4n) is 3.35. The summed E-state index contributed by atoms with van der Waals surface area (Å²) in [4.78, 5) is 27.4. The van der Waals surface area contributed by atoms with Crippen LogP contribution in [-0.4, -0.2) is 28.3 Å². The minimum Gasteiger partial charge on any atom is -0.482 e. The second kappa shape index (κ2) is 8.79. The lowest BCUT2D eigenvalue weighted by Gasteiger charge is -2.18. The van der Waals surface area contributed by atoms with Crippen LogP contribution in [0.15, 0.2) is 74.5 Å². The molecule has 3 heterocycles. The van der Waals surface area contributed by atoms with E-state index in [1.807, 2.05) is 42.6 Å². The maximum Gasteiger partial charge on any atom is 0.433 e. The van der Waals surface area contributed by atoms with E-state index < -0.39 is 4.92 Å². The maximum absolute atomic E-state index is 11.8. The number of anilines is 1. The van der Waals surface area contributed by atoms with E-state index in [1.54, 1.807) is 16.8 Å². The highest BCUT2D eigenvalue weighted by Crippen LogP contribution is 2.33. The van der Waals surface area contributed by atoms with Crippen molar-refractivity contribution < 1.29 is 18.9 Å². The maximum atomic E-state index is 11.8. The van der Waals surface area contributed by atoms with Gasteiger partial charge in [-0.15, -0.1) is 11.3 Å². The highest BCUT2D eigenvalue weighted by atomic mass is 32.1. The van der Waals surface area contributed by atoms with Gasteiger partial charge in [0.1, 0.15) is 10.7 Å². The van der Waals surface area contributed by atoms with Crippen LogP contribution in [0.5, 0.6) is 5.75 Å². The lowest BCUT2D eigenvalue weighted by atomic mass is 10.1. The molecule has 1 N–H and O–H groups in total. The van der Waals surface area contributed by atoms with Crippen molar-refractivity contribution in [2.75, 3.05) is 11.9 Å². The third-order valence-electron chi connectivity index (χ3n) is 5.02. The zero-order valence-corrected chi connectivity index (χ0v) is 18.6. The van der Waals surface area contributed by atoms with Gasteiger partial charge in [0.15, 0.2) is 12.4 Å². The van der Waals surface area contributed by atoms with Gasteiger partial charge in [0.2, 0.25) is 4.80 Å². The number of furan rings is 1. The smallest absolute Gasteiger partial charge is 0.433 e. The zero-order valence-electron chi connectivity index (χ0n) is 17.8. The number of aromatic nitrogens is 1. The molecule has 0 fully saturated rings. The number of nitro groups is 1. The van der Waals surface area contributed by atoms with Crippen LogP contribution in [-0.2, 0) is 4.79 Å². The van der Waals surface area contributed by atoms with Gasteiger partial charge in [-0.2, -0.15) is 5.10 Å². The lowest BCUT2D eigenvalue weighted by molar-refractivity contribution is -0.402. The molecule has 0 aliphatic carbocycles. The number of amides is 1. The molecule has 0 atom stereocenters. The van der Waals surface area contributed by atoms with Crippen molar-refractivity contribution >= 4 is 40.7 Å². The normalized spacial score (nSPS) is 13.6. The minimum atomic E-state index is -0.608. The summed E-state index contributed by atoms with van der Waals surface area (Å²) in [5, 5.41) is 20.1. The molecule has 0 saturated heterocycles. The van der Waals surface area contributed by atoms with E-state index in [0.29, 0.717) is 21.9 Å². The minimum absolute atomic E-state index is 0.0240. The summed E-state index contributed by atoms with van der Waals surface area (Å²) in [7, 11) is 0. The second-order valence-electron chi connectivity index (χ2n) is 7.34. The van der Waals surface area contributed by atoms with E-state index in [0.717, 1.165) is 16.8 Å². The third kappa shape index (κ3) is 4.24. The van der Waals surface area contributed by atoms with Gasteiger partial charge in [0.05, 0.1) is 29.3 Å². The molecule has 0 radical (unpaired) electrons. The van der Waals surface area contributed by atoms with Gasteiger partial charge in [0.25, 0.3) is 5.91 Å². The van der Waals surface area contributed by atoms with Crippen molar-refractivity contribution in [3.63, 3.8) is 0 Å². The predicted molar refractivity (Wildman–Crippen MR) is 127 cm³/mol. The third-order valence-corrected chi connectivity index (χ3v) is 5.83. The number of benzene rings is 2. The SMILES string of the molecule is Cc1ccccc1N=c1scc(-c2ccc3c(c2)NC(=O)CO3)n1N=Cc1ccc([N+](=O)[O-])o1. The first kappa shape index (κ1) is 21.3. The molecule has 34 heavy (non-hydrogen) atoms. The first-order chi connectivity index (χ1) is 16.5. The Morgan fingerprint density at radius 3 is 2.85 bits per heavy atom. The first-order valence-electron chi connectivity index (χ1n) is 10.1. The molecule has 170 valence electrons. The van der Waals surface area contributed by atoms with Crippen LogP contribution in [0, 0.1) is 17.0 Å². The first-order valence-corrected chi connectivity index (χ1v) is 11.0. The van der Waals surface area contributed by atoms with Crippen LogP contribution in [0.25, 0.3) is 11.3 Å². The molecule has 1 aliphatic rings. The van der Waals surface area contributed by atoms with Crippen LogP contribution in [0.1, 0.15) is 11.3 Å². The number of nitrogens with zero attached hydrogens (tertiary/aromatic N) is 4. The number of para-hydroxylation sites is 1. The van der Waals surface area contributed by atoms with Crippen LogP contribution in [0.3, 0.4) is 0 Å². The number of fused-ring (bicyclic) bond motifs is 1. The molecule has 0 saturated carbocycles. The highest BCUT2D eigenvalue weighted by molar-refractivity contribution is 7.07. The van der Waals surface area contributed by atoms with Crippen molar-refractivity contribution in [3.8, 4) is 17.0 Å². The predicted octanol–water partition coefficient (Wildman–Crippen LogP) is 4.47. The Morgan fingerprint density at radius 1 is 1.21 bits per heavy atom. The number of hydrogen-bond acceptors (Lipinski definition) is 8. The number of ether oxygens (including phenoxy) is 1. The fraction of sp³-hybridized carbons (Fsp3) is 0.0870. The molecule has 11 heteroatoms. The van der Waals surface area contributed by atoms with Gasteiger partial charge < -0.3 is 14.5 Å². The van der Waals surface area contributed by atoms with Gasteiger partial charge >= 0.3 is 5.88 Å². The molecular formula is C23H17N5O5S. The monoisotopic (exact) mass is 475 g/mol. The van der Waals surface area contributed by atoms with Gasteiger partial charge in [-0.1, -0.05) is 18.2 Å². The summed E-state index contributed by atoms with van der Waals surface area (Å²) >= 11 is 1.38. The molecule has 5 rings (SSSR count). The molecule has 2 aromatic heterocycles. The Kier molecular flexibility index (Phi) is 5.52. The molecule has 0 unspecified atom stereocenters. The van der Waals surface area contributed by atoms with Gasteiger partial charge in [0, 0.05) is 10.9 Å². The van der Waals surface area contributed by atoms with Crippen molar-refractivity contribution in [1.29, 1.82) is 0 Å². The zero-order chi connectivity index (χ0) is 23.7. The average Bonchev–Trinajstić information content (AvgIpc) is 3.46. The van der Waals surface area contributed by atoms with E-state index in [9.17, 15) is 14.9 Å². The number of thiazole rings is 1. The van der Waals surface area contributed by atoms with E-state index in [4.69, 9.17) is 14.1 Å². The van der Waals surface area contributed by atoms with Gasteiger partial charge in [-0.05, 0) is 42.8 Å². The molecular weight excluding hydrogens is 458 g/mol. The Balaban J connectivity index is 1.62. The molecule has 2 aromatic carbocycles. The Bertz CT molecular complexity index is 1510. The number of nitrogens with one attached hydrogen (secondary N) is 1. The number of carbonyl (C=O) groups excluding carboxylic acids is 1. The number of hydrogen-bond donors (Lipinski definition) is 1. The van der Waals surface area contributed by atoms with Crippen LogP contribution < -0.4 is 14.9 Å². The van der Waals surface area contributed by atoms with Crippen LogP contribution >= 0.6 is 11.3 Å². The van der Waals surface area contributed by atoms with E-state index >= 15 is 0 Å². The summed E-state index contributed by atoms with van der Waals surface area (Å²) in [6.45, 7) is 1.94. The Labute approximate surface area is 196 Å². The van der Waals surface area contributed by atoms with Crippen molar-refractivity contribution in [3.05, 3.63) is 86.2 Å². The Hall–Kier alpha value is -4.51. The van der Waals surface area contributed by atoms with Gasteiger partial charge in [-0.3, -0.25) is 14.9 Å². The van der Waals surface area contributed by atoms with Crippen LogP contribution in [0.2, 0.25) is 0 Å². The summed E-state index contributed by atoms with van der Waals surface area (Å²) in [5.74, 6) is 0.216. The van der Waals surface area contributed by atoms with Crippen LogP contribution in [0.4, 0.5) is 17.3 Å². The summed E-state index contributed by atoms with van der Waals surface area (Å²) in [6.07, 6.45) is 1.39. The lowest BCUT2D eigenvalue weighted by Crippen LogP contribution is -2.25. The van der Waals surface area contributed by atoms with E-state index in [-0.39, 0.29) is 24.2 Å². The standard InChI is InChI=1S/C23H17N5O5S/c1-14-4-2-3-5-17(14)26-23-27(24-11-16-7-9-22(33-16)28(30)31)19(13-34-23)15-6-8-20-18(10-15)25-21(29)12-32-20/h2-11,13H,12H2,1H3,(H,25,29). The number of carbonyl (C=O) groups is 1. The largest absolute Gasteiger partial charge is 0.482 e. The quantitative estimate of drug-likeness (QED) is 0.259. The number of rotatable bonds is 5. The number of aryl methyl sites for hydroxylation is 1. The fourth-order valence-corrected chi connectivity index (χ4v) is 4.20. The second-order valence-corrected chi connectivity index (χ2v) is 8.18. The van der Waals surface area contributed by atoms with Gasteiger partial charge in [-0.25, -0.2) is 9.67 Å². The Morgan fingerprint density at radius 2 is 2.06 bits per heavy atom. The molecule has 4 aromatic rings. The topological polar surface area (TPSA) is 124 Å². The summed E-state index contributed by atoms with van der Waals surface area (Å²) in [6, 6.07) is 15.9. The summed E-state index contributed by atoms with van der Waals surface area (Å²) < 4.78 is 12.3. The van der Waals surface area contributed by atoms with Crippen molar-refractivity contribution in [2.45, 2.75) is 6.92 Å². The average molecular weight is 475 g/mol. The molecule has 1 aliphatic heterocycles. The van der Waals surface area contributed by atoms with E-state index in [1.165, 1.54) is 29.7 Å². The molecule has 10 nitrogen and oxygen atoms in total. The molecule has 1 amide bonds. The van der Waals surface area contributed by atoms with E-state index in [2.05, 4.69) is 10.4 Å². The van der Waals surface area contributed by atoms with Crippen molar-refractivity contribution in [1.82, 2.24) is 4.68 Å². The molecule has 0 spiro atoms. The molecule has 0 bridgehead atoms. The highest BCUT2D eigenvalue weighted by Gasteiger charge is 2.18.